The predicted octanol–water partition coefficient (Wildman–Crippen LogP) is 3.91. The summed E-state index contributed by atoms with van der Waals surface area (Å²) >= 11 is 0. The maximum Gasteiger partial charge on any atom is 0.0361 e. The van der Waals surface area contributed by atoms with Crippen LogP contribution in [-0.4, -0.2) is 14.1 Å². The van der Waals surface area contributed by atoms with Gasteiger partial charge in [-0.3, -0.25) is 0 Å². The molecule has 0 aromatic heterocycles. The Morgan fingerprint density at radius 2 is 1.65 bits per heavy atom. The second kappa shape index (κ2) is 6.58. The van der Waals surface area contributed by atoms with Crippen LogP contribution in [0.2, 0.25) is 0 Å². The van der Waals surface area contributed by atoms with Crippen LogP contribution >= 0.6 is 0 Å². The van der Waals surface area contributed by atoms with Crippen molar-refractivity contribution >= 4 is 5.69 Å². The van der Waals surface area contributed by atoms with E-state index in [2.05, 4.69) is 86.7 Å². The molecule has 1 N–H and O–H groups in total. The first-order valence-corrected chi connectivity index (χ1v) is 7.13. The van der Waals surface area contributed by atoms with Crippen molar-refractivity contribution in [1.82, 2.24) is 5.32 Å². The Labute approximate surface area is 122 Å². The molecule has 0 amide bonds. The van der Waals surface area contributed by atoms with Crippen LogP contribution in [0.3, 0.4) is 0 Å². The van der Waals surface area contributed by atoms with Crippen molar-refractivity contribution in [3.8, 4) is 0 Å². The van der Waals surface area contributed by atoms with Gasteiger partial charge >= 0.3 is 0 Å². The second-order valence-electron chi connectivity index (χ2n) is 5.52. The third-order valence-corrected chi connectivity index (χ3v) is 3.72. The summed E-state index contributed by atoms with van der Waals surface area (Å²) < 4.78 is 0. The molecule has 0 spiro atoms. The van der Waals surface area contributed by atoms with Crippen molar-refractivity contribution in [3.05, 3.63) is 65.2 Å². The van der Waals surface area contributed by atoms with E-state index in [4.69, 9.17) is 0 Å². The van der Waals surface area contributed by atoms with Crippen molar-refractivity contribution < 1.29 is 0 Å². The molecule has 0 bridgehead atoms. The Morgan fingerprint density at radius 1 is 1.00 bits per heavy atom. The monoisotopic (exact) mass is 268 g/mol. The van der Waals surface area contributed by atoms with Gasteiger partial charge in [0.05, 0.1) is 0 Å². The van der Waals surface area contributed by atoms with Crippen LogP contribution in [0.5, 0.6) is 0 Å². The molecule has 20 heavy (non-hydrogen) atoms. The average molecular weight is 268 g/mol. The molecule has 0 saturated carbocycles. The summed E-state index contributed by atoms with van der Waals surface area (Å²) in [7, 11) is 4.13. The number of aryl methyl sites for hydroxylation is 1. The van der Waals surface area contributed by atoms with Gasteiger partial charge in [-0.1, -0.05) is 36.4 Å². The first-order chi connectivity index (χ1) is 9.58. The maximum atomic E-state index is 3.59. The van der Waals surface area contributed by atoms with Crippen LogP contribution in [-0.2, 0) is 6.54 Å². The third kappa shape index (κ3) is 3.61. The molecule has 0 fully saturated rings. The van der Waals surface area contributed by atoms with Gasteiger partial charge < -0.3 is 10.2 Å². The van der Waals surface area contributed by atoms with Gasteiger partial charge in [0.1, 0.15) is 0 Å². The van der Waals surface area contributed by atoms with Crippen LogP contribution in [0.4, 0.5) is 5.69 Å². The van der Waals surface area contributed by atoms with Gasteiger partial charge in [0.2, 0.25) is 0 Å². The zero-order valence-electron chi connectivity index (χ0n) is 12.9. The lowest BCUT2D eigenvalue weighted by Gasteiger charge is -2.17. The van der Waals surface area contributed by atoms with E-state index < -0.39 is 0 Å². The van der Waals surface area contributed by atoms with Crippen LogP contribution in [0.1, 0.15) is 29.7 Å². The SMILES string of the molecule is Cc1ccccc1C(C)NCc1ccc(N(C)C)cc1. The van der Waals surface area contributed by atoms with Crippen molar-refractivity contribution in [2.24, 2.45) is 0 Å². The molecule has 106 valence electrons. The molecule has 2 aromatic rings. The lowest BCUT2D eigenvalue weighted by molar-refractivity contribution is 0.572. The number of rotatable bonds is 5. The topological polar surface area (TPSA) is 15.3 Å². The minimum Gasteiger partial charge on any atom is -0.378 e. The Bertz CT molecular complexity index is 544. The Hall–Kier alpha value is -1.80. The van der Waals surface area contributed by atoms with Crippen molar-refractivity contribution in [3.63, 3.8) is 0 Å². The van der Waals surface area contributed by atoms with E-state index in [0.29, 0.717) is 6.04 Å². The van der Waals surface area contributed by atoms with Gasteiger partial charge in [0.15, 0.2) is 0 Å². The van der Waals surface area contributed by atoms with Crippen molar-refractivity contribution in [2.45, 2.75) is 26.4 Å². The summed E-state index contributed by atoms with van der Waals surface area (Å²) in [6, 6.07) is 17.6. The molecule has 0 heterocycles. The first kappa shape index (κ1) is 14.6. The maximum absolute atomic E-state index is 3.59. The summed E-state index contributed by atoms with van der Waals surface area (Å²) in [5.41, 5.74) is 5.27. The molecule has 1 unspecified atom stereocenters. The van der Waals surface area contributed by atoms with E-state index in [0.717, 1.165) is 6.54 Å². The van der Waals surface area contributed by atoms with Gasteiger partial charge in [0.25, 0.3) is 0 Å². The van der Waals surface area contributed by atoms with Gasteiger partial charge in [-0.2, -0.15) is 0 Å². The Kier molecular flexibility index (Phi) is 4.80. The van der Waals surface area contributed by atoms with Crippen molar-refractivity contribution in [1.29, 1.82) is 0 Å². The first-order valence-electron chi connectivity index (χ1n) is 7.13. The highest BCUT2D eigenvalue weighted by Gasteiger charge is 2.07. The van der Waals surface area contributed by atoms with Crippen LogP contribution in [0, 0.1) is 6.92 Å². The molecule has 0 saturated heterocycles. The van der Waals surface area contributed by atoms with Crippen molar-refractivity contribution in [2.75, 3.05) is 19.0 Å². The molecule has 2 nitrogen and oxygen atoms in total. The zero-order chi connectivity index (χ0) is 14.5. The molecular formula is C18H24N2. The van der Waals surface area contributed by atoms with E-state index in [1.807, 2.05) is 0 Å². The third-order valence-electron chi connectivity index (χ3n) is 3.72. The Balaban J connectivity index is 1.96. The highest BCUT2D eigenvalue weighted by molar-refractivity contribution is 5.46. The fourth-order valence-electron chi connectivity index (χ4n) is 2.37. The molecule has 1 atom stereocenters. The summed E-state index contributed by atoms with van der Waals surface area (Å²) in [5, 5.41) is 3.59. The van der Waals surface area contributed by atoms with E-state index in [9.17, 15) is 0 Å². The van der Waals surface area contributed by atoms with Crippen LogP contribution in [0.25, 0.3) is 0 Å². The van der Waals surface area contributed by atoms with E-state index in [1.165, 1.54) is 22.4 Å². The molecule has 2 aromatic carbocycles. The molecular weight excluding hydrogens is 244 g/mol. The van der Waals surface area contributed by atoms with E-state index in [-0.39, 0.29) is 0 Å². The number of benzene rings is 2. The lowest BCUT2D eigenvalue weighted by atomic mass is 10.0. The predicted molar refractivity (Wildman–Crippen MR) is 87.2 cm³/mol. The van der Waals surface area contributed by atoms with Crippen LogP contribution < -0.4 is 10.2 Å². The molecule has 0 radical (unpaired) electrons. The second-order valence-corrected chi connectivity index (χ2v) is 5.52. The molecule has 2 heteroatoms. The summed E-state index contributed by atoms with van der Waals surface area (Å²) in [6.45, 7) is 5.28. The highest BCUT2D eigenvalue weighted by Crippen LogP contribution is 2.18. The smallest absolute Gasteiger partial charge is 0.0361 e. The lowest BCUT2D eigenvalue weighted by Crippen LogP contribution is -2.19. The van der Waals surface area contributed by atoms with Gasteiger partial charge in [-0.25, -0.2) is 0 Å². The number of nitrogens with zero attached hydrogens (tertiary/aromatic N) is 1. The normalized spacial score (nSPS) is 12.2. The number of hydrogen-bond acceptors (Lipinski definition) is 2. The molecule has 2 rings (SSSR count). The minimum absolute atomic E-state index is 0.365. The summed E-state index contributed by atoms with van der Waals surface area (Å²) in [4.78, 5) is 2.12. The van der Waals surface area contributed by atoms with Gasteiger partial charge in [-0.15, -0.1) is 0 Å². The van der Waals surface area contributed by atoms with E-state index in [1.54, 1.807) is 0 Å². The fourth-order valence-corrected chi connectivity index (χ4v) is 2.37. The fraction of sp³-hybridized carbons (Fsp3) is 0.333. The average Bonchev–Trinajstić information content (AvgIpc) is 2.45. The van der Waals surface area contributed by atoms with Gasteiger partial charge in [0, 0.05) is 32.4 Å². The number of hydrogen-bond donors (Lipinski definition) is 1. The number of nitrogens with one attached hydrogen (secondary N) is 1. The zero-order valence-corrected chi connectivity index (χ0v) is 12.9. The largest absolute Gasteiger partial charge is 0.378 e. The molecule has 0 aliphatic rings. The van der Waals surface area contributed by atoms with Crippen LogP contribution in [0.15, 0.2) is 48.5 Å². The quantitative estimate of drug-likeness (QED) is 0.884. The molecule has 0 aliphatic heterocycles. The summed E-state index contributed by atoms with van der Waals surface area (Å²) in [6.07, 6.45) is 0. The van der Waals surface area contributed by atoms with E-state index >= 15 is 0 Å². The molecule has 0 aliphatic carbocycles. The highest BCUT2D eigenvalue weighted by atomic mass is 15.1. The standard InChI is InChI=1S/C18H24N2/c1-14-7-5-6-8-18(14)15(2)19-13-16-9-11-17(12-10-16)20(3)4/h5-12,15,19H,13H2,1-4H3. The minimum atomic E-state index is 0.365. The Morgan fingerprint density at radius 3 is 2.25 bits per heavy atom. The van der Waals surface area contributed by atoms with Gasteiger partial charge in [-0.05, 0) is 42.7 Å². The summed E-state index contributed by atoms with van der Waals surface area (Å²) in [5.74, 6) is 0. The number of anilines is 1.